The van der Waals surface area contributed by atoms with Gasteiger partial charge in [0.15, 0.2) is 0 Å². The maximum absolute atomic E-state index is 14.6. The minimum atomic E-state index is -0.426. The molecule has 132 valence electrons. The van der Waals surface area contributed by atoms with Crippen molar-refractivity contribution in [2.24, 2.45) is 5.92 Å². The van der Waals surface area contributed by atoms with Crippen molar-refractivity contribution in [3.05, 3.63) is 33.8 Å². The minimum Gasteiger partial charge on any atom is -0.314 e. The van der Waals surface area contributed by atoms with Gasteiger partial charge in [-0.2, -0.15) is 0 Å². The highest BCUT2D eigenvalue weighted by Gasteiger charge is 2.35. The SMILES string of the molecule is Cl.Cl.Fc1ccc(Br)c(F)c1[C@H](C1CCCC1)N1CCNCC1. The maximum atomic E-state index is 14.6. The first-order chi connectivity index (χ1) is 10.2. The van der Waals surface area contributed by atoms with Crippen LogP contribution in [0, 0.1) is 17.6 Å². The van der Waals surface area contributed by atoms with E-state index >= 15 is 0 Å². The van der Waals surface area contributed by atoms with Crippen molar-refractivity contribution < 1.29 is 8.78 Å². The van der Waals surface area contributed by atoms with Gasteiger partial charge < -0.3 is 5.32 Å². The molecule has 23 heavy (non-hydrogen) atoms. The van der Waals surface area contributed by atoms with E-state index in [4.69, 9.17) is 0 Å². The van der Waals surface area contributed by atoms with Crippen LogP contribution in [-0.2, 0) is 0 Å². The number of nitrogens with one attached hydrogen (secondary N) is 1. The first-order valence-corrected chi connectivity index (χ1v) is 8.56. The van der Waals surface area contributed by atoms with Crippen molar-refractivity contribution in [2.45, 2.75) is 31.7 Å². The summed E-state index contributed by atoms with van der Waals surface area (Å²) < 4.78 is 29.3. The van der Waals surface area contributed by atoms with Crippen LogP contribution in [0.1, 0.15) is 37.3 Å². The van der Waals surface area contributed by atoms with Crippen molar-refractivity contribution in [1.82, 2.24) is 10.2 Å². The molecule has 1 N–H and O–H groups in total. The quantitative estimate of drug-likeness (QED) is 0.697. The van der Waals surface area contributed by atoms with Gasteiger partial charge in [-0.3, -0.25) is 4.90 Å². The third kappa shape index (κ3) is 4.57. The van der Waals surface area contributed by atoms with E-state index in [1.807, 2.05) is 0 Å². The number of benzene rings is 1. The first-order valence-electron chi connectivity index (χ1n) is 7.76. The van der Waals surface area contributed by atoms with Crippen LogP contribution in [0.5, 0.6) is 0 Å². The Labute approximate surface area is 157 Å². The number of rotatable bonds is 3. The molecule has 1 atom stereocenters. The van der Waals surface area contributed by atoms with Gasteiger partial charge in [-0.15, -0.1) is 24.8 Å². The fourth-order valence-corrected chi connectivity index (χ4v) is 4.11. The Balaban J connectivity index is 0.00000132. The van der Waals surface area contributed by atoms with Crippen LogP contribution >= 0.6 is 40.7 Å². The Morgan fingerprint density at radius 2 is 1.70 bits per heavy atom. The van der Waals surface area contributed by atoms with Crippen molar-refractivity contribution in [3.8, 4) is 0 Å². The van der Waals surface area contributed by atoms with E-state index in [2.05, 4.69) is 26.1 Å². The van der Waals surface area contributed by atoms with Crippen LogP contribution in [0.4, 0.5) is 8.78 Å². The average molecular weight is 432 g/mol. The molecule has 7 heteroatoms. The molecule has 1 aliphatic carbocycles. The average Bonchev–Trinajstić information content (AvgIpc) is 3.02. The summed E-state index contributed by atoms with van der Waals surface area (Å²) in [6.45, 7) is 3.49. The summed E-state index contributed by atoms with van der Waals surface area (Å²) >= 11 is 3.21. The lowest BCUT2D eigenvalue weighted by molar-refractivity contribution is 0.119. The highest BCUT2D eigenvalue weighted by molar-refractivity contribution is 9.10. The second-order valence-corrected chi connectivity index (χ2v) is 6.89. The van der Waals surface area contributed by atoms with Gasteiger partial charge in [-0.1, -0.05) is 12.8 Å². The van der Waals surface area contributed by atoms with Gasteiger partial charge >= 0.3 is 0 Å². The Morgan fingerprint density at radius 1 is 1.09 bits per heavy atom. The number of hydrogen-bond donors (Lipinski definition) is 1. The Morgan fingerprint density at radius 3 is 2.30 bits per heavy atom. The zero-order valence-electron chi connectivity index (χ0n) is 12.9. The molecule has 0 aromatic heterocycles. The van der Waals surface area contributed by atoms with Crippen LogP contribution in [0.15, 0.2) is 16.6 Å². The molecule has 1 heterocycles. The smallest absolute Gasteiger partial charge is 0.145 e. The summed E-state index contributed by atoms with van der Waals surface area (Å²) in [5.74, 6) is -0.474. The molecule has 1 aromatic carbocycles. The molecule has 1 saturated heterocycles. The number of hydrogen-bond acceptors (Lipinski definition) is 2. The van der Waals surface area contributed by atoms with Gasteiger partial charge in [0.2, 0.25) is 0 Å². The summed E-state index contributed by atoms with van der Waals surface area (Å²) in [5, 5.41) is 3.31. The molecule has 1 aromatic rings. The van der Waals surface area contributed by atoms with E-state index < -0.39 is 11.6 Å². The van der Waals surface area contributed by atoms with Gasteiger partial charge in [-0.25, -0.2) is 8.78 Å². The number of piperazine rings is 1. The van der Waals surface area contributed by atoms with Crippen molar-refractivity contribution in [3.63, 3.8) is 0 Å². The van der Waals surface area contributed by atoms with Crippen molar-refractivity contribution in [1.29, 1.82) is 0 Å². The highest BCUT2D eigenvalue weighted by atomic mass is 79.9. The monoisotopic (exact) mass is 430 g/mol. The van der Waals surface area contributed by atoms with E-state index in [1.54, 1.807) is 0 Å². The lowest BCUT2D eigenvalue weighted by Gasteiger charge is -2.39. The molecule has 2 aliphatic rings. The Hall–Kier alpha value is 0.0600. The second-order valence-electron chi connectivity index (χ2n) is 6.03. The molecule has 0 spiro atoms. The van der Waals surface area contributed by atoms with Crippen LogP contribution in [0.25, 0.3) is 0 Å². The van der Waals surface area contributed by atoms with Gasteiger partial charge in [-0.05, 0) is 46.8 Å². The predicted octanol–water partition coefficient (Wildman–Crippen LogP) is 4.71. The lowest BCUT2D eigenvalue weighted by atomic mass is 9.89. The normalized spacial score (nSPS) is 20.7. The number of nitrogens with zero attached hydrogens (tertiary/aromatic N) is 1. The third-order valence-electron chi connectivity index (χ3n) is 4.77. The van der Waals surface area contributed by atoms with E-state index in [9.17, 15) is 8.78 Å². The van der Waals surface area contributed by atoms with Crippen LogP contribution in [-0.4, -0.2) is 31.1 Å². The standard InChI is InChI=1S/C16H21BrF2N2.2ClH/c17-12-5-6-13(18)14(15(12)19)16(11-3-1-2-4-11)21-9-7-20-8-10-21;;/h5-6,11,16,20H,1-4,7-10H2;2*1H/t16-;;/m0../s1. The second kappa shape index (κ2) is 9.52. The Bertz CT molecular complexity index is 507. The molecule has 2 fully saturated rings. The maximum Gasteiger partial charge on any atom is 0.145 e. The zero-order chi connectivity index (χ0) is 14.8. The molecule has 0 radical (unpaired) electrons. The van der Waals surface area contributed by atoms with Crippen LogP contribution in [0.3, 0.4) is 0 Å². The van der Waals surface area contributed by atoms with Gasteiger partial charge in [0.25, 0.3) is 0 Å². The molecular weight excluding hydrogens is 409 g/mol. The fraction of sp³-hybridized carbons (Fsp3) is 0.625. The van der Waals surface area contributed by atoms with Gasteiger partial charge in [0.05, 0.1) is 4.47 Å². The summed E-state index contributed by atoms with van der Waals surface area (Å²) in [4.78, 5) is 2.26. The summed E-state index contributed by atoms with van der Waals surface area (Å²) in [7, 11) is 0. The molecule has 3 rings (SSSR count). The highest BCUT2D eigenvalue weighted by Crippen LogP contribution is 2.42. The summed E-state index contributed by atoms with van der Waals surface area (Å²) in [6.07, 6.45) is 4.48. The lowest BCUT2D eigenvalue weighted by Crippen LogP contribution is -2.47. The molecule has 0 bridgehead atoms. The first kappa shape index (κ1) is 21.1. The number of halogens is 5. The topological polar surface area (TPSA) is 15.3 Å². The third-order valence-corrected chi connectivity index (χ3v) is 5.38. The van der Waals surface area contributed by atoms with Gasteiger partial charge in [0.1, 0.15) is 11.6 Å². The van der Waals surface area contributed by atoms with Gasteiger partial charge in [0, 0.05) is 37.8 Å². The molecule has 1 aliphatic heterocycles. The summed E-state index contributed by atoms with van der Waals surface area (Å²) in [5.41, 5.74) is 0.262. The largest absolute Gasteiger partial charge is 0.314 e. The predicted molar refractivity (Wildman–Crippen MR) is 97.7 cm³/mol. The van der Waals surface area contributed by atoms with E-state index in [1.165, 1.54) is 25.0 Å². The molecule has 0 amide bonds. The van der Waals surface area contributed by atoms with Crippen LogP contribution in [0.2, 0.25) is 0 Å². The minimum absolute atomic E-state index is 0. The molecule has 0 unspecified atom stereocenters. The Kier molecular flexibility index (Phi) is 8.73. The van der Waals surface area contributed by atoms with Crippen LogP contribution < -0.4 is 5.32 Å². The summed E-state index contributed by atoms with van der Waals surface area (Å²) in [6, 6.07) is 2.71. The van der Waals surface area contributed by atoms with Crippen molar-refractivity contribution >= 4 is 40.7 Å². The molecular formula is C16H23BrCl2F2N2. The van der Waals surface area contributed by atoms with E-state index in [0.29, 0.717) is 10.4 Å². The molecule has 2 nitrogen and oxygen atoms in total. The van der Waals surface area contributed by atoms with E-state index in [-0.39, 0.29) is 36.4 Å². The fourth-order valence-electron chi connectivity index (χ4n) is 3.76. The van der Waals surface area contributed by atoms with E-state index in [0.717, 1.165) is 39.0 Å². The van der Waals surface area contributed by atoms with Crippen molar-refractivity contribution in [2.75, 3.05) is 26.2 Å². The zero-order valence-corrected chi connectivity index (χ0v) is 16.1. The molecule has 1 saturated carbocycles.